The van der Waals surface area contributed by atoms with E-state index in [1.54, 1.807) is 0 Å². The van der Waals surface area contributed by atoms with E-state index < -0.39 is 10.0 Å². The molecule has 3 unspecified atom stereocenters. The second kappa shape index (κ2) is 6.25. The molecule has 8 heteroatoms. The van der Waals surface area contributed by atoms with Crippen molar-refractivity contribution in [2.45, 2.75) is 23.4 Å². The van der Waals surface area contributed by atoms with Crippen molar-refractivity contribution >= 4 is 21.6 Å². The van der Waals surface area contributed by atoms with Crippen LogP contribution in [0.4, 0.5) is 5.69 Å². The molecular weight excluding hydrogens is 316 g/mol. The summed E-state index contributed by atoms with van der Waals surface area (Å²) < 4.78 is 22.4. The molecule has 1 fully saturated rings. The largest absolute Gasteiger partial charge is 0.325 e. The minimum absolute atomic E-state index is 0.00950. The summed E-state index contributed by atoms with van der Waals surface area (Å²) in [5.74, 6) is -0.0502. The van der Waals surface area contributed by atoms with E-state index in [9.17, 15) is 13.2 Å². The number of carbonyl (C=O) groups excluding carboxylic acids is 1. The summed E-state index contributed by atoms with van der Waals surface area (Å²) in [7, 11) is -3.73. The van der Waals surface area contributed by atoms with Gasteiger partial charge in [0.2, 0.25) is 15.9 Å². The Balaban J connectivity index is 1.70. The molecule has 3 atom stereocenters. The van der Waals surface area contributed by atoms with Crippen molar-refractivity contribution in [1.29, 1.82) is 0 Å². The molecule has 1 amide bonds. The second-order valence-electron chi connectivity index (χ2n) is 5.56. The molecule has 0 saturated carbocycles. The zero-order valence-corrected chi connectivity index (χ0v) is 13.1. The SMILES string of the molecule is NS(=O)(=O)c1ccc(NC(=O)C2NNC3C=CC=CCC32)cc1. The number of fused-ring (bicyclic) bond motifs is 1. The first-order valence-electron chi connectivity index (χ1n) is 7.23. The maximum Gasteiger partial charge on any atom is 0.243 e. The number of nitrogens with one attached hydrogen (secondary N) is 3. The zero-order chi connectivity index (χ0) is 16.4. The number of hydrogen-bond donors (Lipinski definition) is 4. The predicted octanol–water partition coefficient (Wildman–Crippen LogP) is 0.250. The molecule has 1 saturated heterocycles. The van der Waals surface area contributed by atoms with Crippen molar-refractivity contribution in [2.24, 2.45) is 11.1 Å². The van der Waals surface area contributed by atoms with Gasteiger partial charge in [0.05, 0.1) is 4.90 Å². The lowest BCUT2D eigenvalue weighted by Crippen LogP contribution is -2.42. The van der Waals surface area contributed by atoms with E-state index in [-0.39, 0.29) is 28.8 Å². The Kier molecular flexibility index (Phi) is 4.31. The smallest absolute Gasteiger partial charge is 0.243 e. The molecule has 2 aliphatic rings. The molecule has 3 rings (SSSR count). The molecule has 1 heterocycles. The third-order valence-electron chi connectivity index (χ3n) is 4.00. The molecule has 7 nitrogen and oxygen atoms in total. The van der Waals surface area contributed by atoms with Gasteiger partial charge in [-0.3, -0.25) is 4.79 Å². The summed E-state index contributed by atoms with van der Waals surface area (Å²) in [6.45, 7) is 0. The highest BCUT2D eigenvalue weighted by atomic mass is 32.2. The Morgan fingerprint density at radius 3 is 2.61 bits per heavy atom. The maximum absolute atomic E-state index is 12.5. The molecule has 23 heavy (non-hydrogen) atoms. The van der Waals surface area contributed by atoms with Crippen LogP contribution in [0.2, 0.25) is 0 Å². The standard InChI is InChI=1S/C15H18N4O3S/c16-23(21,22)11-8-6-10(7-9-11)17-15(20)14-12-4-2-1-3-5-13(12)18-19-14/h1-3,5-9,12-14,18-19H,4H2,(H,17,20)(H2,16,21,22). The molecule has 1 aliphatic heterocycles. The van der Waals surface area contributed by atoms with Gasteiger partial charge < -0.3 is 5.32 Å². The Hall–Kier alpha value is -2.00. The average Bonchev–Trinajstić information content (AvgIpc) is 2.76. The van der Waals surface area contributed by atoms with E-state index >= 15 is 0 Å². The monoisotopic (exact) mass is 334 g/mol. The number of allylic oxidation sites excluding steroid dienone is 3. The highest BCUT2D eigenvalue weighted by molar-refractivity contribution is 7.89. The van der Waals surface area contributed by atoms with Crippen LogP contribution in [0.25, 0.3) is 0 Å². The van der Waals surface area contributed by atoms with Gasteiger partial charge in [-0.1, -0.05) is 24.3 Å². The number of rotatable bonds is 3. The van der Waals surface area contributed by atoms with Crippen LogP contribution >= 0.6 is 0 Å². The van der Waals surface area contributed by atoms with Gasteiger partial charge in [0.15, 0.2) is 0 Å². The Labute approximate surface area is 134 Å². The Bertz CT molecular complexity index is 755. The summed E-state index contributed by atoms with van der Waals surface area (Å²) >= 11 is 0. The van der Waals surface area contributed by atoms with E-state index in [2.05, 4.69) is 16.2 Å². The van der Waals surface area contributed by atoms with E-state index in [1.807, 2.05) is 24.3 Å². The van der Waals surface area contributed by atoms with Crippen LogP contribution in [0.3, 0.4) is 0 Å². The summed E-state index contributed by atoms with van der Waals surface area (Å²) in [6.07, 6.45) is 8.79. The van der Waals surface area contributed by atoms with Crippen molar-refractivity contribution in [1.82, 2.24) is 10.9 Å². The number of hydrazine groups is 1. The van der Waals surface area contributed by atoms with Crippen molar-refractivity contribution in [3.8, 4) is 0 Å². The minimum Gasteiger partial charge on any atom is -0.325 e. The first-order chi connectivity index (χ1) is 10.9. The van der Waals surface area contributed by atoms with Crippen LogP contribution in [0.5, 0.6) is 0 Å². The quantitative estimate of drug-likeness (QED) is 0.633. The first-order valence-corrected chi connectivity index (χ1v) is 8.78. The number of hydrogen-bond acceptors (Lipinski definition) is 5. The first kappa shape index (κ1) is 15.9. The molecule has 1 aromatic carbocycles. The molecule has 1 aliphatic carbocycles. The Morgan fingerprint density at radius 1 is 1.17 bits per heavy atom. The Morgan fingerprint density at radius 2 is 1.91 bits per heavy atom. The fourth-order valence-electron chi connectivity index (χ4n) is 2.79. The van der Waals surface area contributed by atoms with E-state index in [0.717, 1.165) is 6.42 Å². The fourth-order valence-corrected chi connectivity index (χ4v) is 3.30. The molecule has 0 spiro atoms. The van der Waals surface area contributed by atoms with Gasteiger partial charge in [0.25, 0.3) is 0 Å². The van der Waals surface area contributed by atoms with Gasteiger partial charge in [0, 0.05) is 17.6 Å². The van der Waals surface area contributed by atoms with Gasteiger partial charge >= 0.3 is 0 Å². The van der Waals surface area contributed by atoms with E-state index in [1.165, 1.54) is 24.3 Å². The van der Waals surface area contributed by atoms with Crippen molar-refractivity contribution in [2.75, 3.05) is 5.32 Å². The number of benzene rings is 1. The fraction of sp³-hybridized carbons (Fsp3) is 0.267. The number of anilines is 1. The van der Waals surface area contributed by atoms with Gasteiger partial charge in [-0.25, -0.2) is 24.4 Å². The summed E-state index contributed by atoms with van der Waals surface area (Å²) in [5, 5.41) is 7.84. The van der Waals surface area contributed by atoms with E-state index in [4.69, 9.17) is 5.14 Å². The normalized spacial score (nSPS) is 26.6. The number of nitrogens with two attached hydrogens (primary N) is 1. The number of carbonyl (C=O) groups is 1. The van der Waals surface area contributed by atoms with Crippen molar-refractivity contribution in [3.63, 3.8) is 0 Å². The second-order valence-corrected chi connectivity index (χ2v) is 7.12. The lowest BCUT2D eigenvalue weighted by molar-refractivity contribution is -0.118. The number of amides is 1. The van der Waals surface area contributed by atoms with E-state index in [0.29, 0.717) is 5.69 Å². The average molecular weight is 334 g/mol. The van der Waals surface area contributed by atoms with Gasteiger partial charge in [-0.05, 0) is 30.7 Å². The maximum atomic E-state index is 12.5. The lowest BCUT2D eigenvalue weighted by atomic mass is 9.91. The van der Waals surface area contributed by atoms with Crippen molar-refractivity contribution < 1.29 is 13.2 Å². The molecule has 5 N–H and O–H groups in total. The van der Waals surface area contributed by atoms with Crippen LogP contribution in [0.1, 0.15) is 6.42 Å². The van der Waals surface area contributed by atoms with Crippen molar-refractivity contribution in [3.05, 3.63) is 48.6 Å². The van der Waals surface area contributed by atoms with Crippen LogP contribution in [0, 0.1) is 5.92 Å². The van der Waals surface area contributed by atoms with Gasteiger partial charge in [0.1, 0.15) is 6.04 Å². The van der Waals surface area contributed by atoms with Crippen LogP contribution < -0.4 is 21.3 Å². The third-order valence-corrected chi connectivity index (χ3v) is 4.93. The molecule has 0 aromatic heterocycles. The number of primary sulfonamides is 1. The highest BCUT2D eigenvalue weighted by Gasteiger charge is 2.38. The van der Waals surface area contributed by atoms with Crippen LogP contribution in [0.15, 0.2) is 53.5 Å². The summed E-state index contributed by atoms with van der Waals surface area (Å²) in [4.78, 5) is 12.5. The molecule has 1 aromatic rings. The highest BCUT2D eigenvalue weighted by Crippen LogP contribution is 2.24. The van der Waals surface area contributed by atoms with Crippen LogP contribution in [-0.2, 0) is 14.8 Å². The molecule has 122 valence electrons. The molecular formula is C15H18N4O3S. The van der Waals surface area contributed by atoms with Gasteiger partial charge in [-0.2, -0.15) is 0 Å². The predicted molar refractivity (Wildman–Crippen MR) is 86.7 cm³/mol. The number of sulfonamides is 1. The zero-order valence-electron chi connectivity index (χ0n) is 12.3. The summed E-state index contributed by atoms with van der Waals surface area (Å²) in [6, 6.07) is 5.50. The minimum atomic E-state index is -3.73. The molecule has 0 radical (unpaired) electrons. The topological polar surface area (TPSA) is 113 Å². The summed E-state index contributed by atoms with van der Waals surface area (Å²) in [5.41, 5.74) is 6.65. The third kappa shape index (κ3) is 3.50. The lowest BCUT2D eigenvalue weighted by Gasteiger charge is -2.18. The van der Waals surface area contributed by atoms with Crippen LogP contribution in [-0.4, -0.2) is 26.4 Å². The van der Waals surface area contributed by atoms with Gasteiger partial charge in [-0.15, -0.1) is 0 Å². The molecule has 0 bridgehead atoms.